The van der Waals surface area contributed by atoms with Crippen LogP contribution in [-0.4, -0.2) is 17.4 Å². The van der Waals surface area contributed by atoms with E-state index in [1.807, 2.05) is 0 Å². The van der Waals surface area contributed by atoms with E-state index in [9.17, 15) is 4.79 Å². The van der Waals surface area contributed by atoms with Crippen LogP contribution < -0.4 is 5.32 Å². The van der Waals surface area contributed by atoms with Crippen LogP contribution >= 0.6 is 22.9 Å². The molecule has 0 spiro atoms. The van der Waals surface area contributed by atoms with Crippen molar-refractivity contribution in [2.24, 2.45) is 0 Å². The Morgan fingerprint density at radius 2 is 2.54 bits per heavy atom. The van der Waals surface area contributed by atoms with Crippen molar-refractivity contribution in [2.75, 3.05) is 0 Å². The highest BCUT2D eigenvalue weighted by atomic mass is 35.5. The number of aromatic nitrogens is 1. The number of nitrogens with zero attached hydrogens (tertiary/aromatic N) is 1. The first-order valence-electron chi connectivity index (χ1n) is 4.13. The second kappa shape index (κ2) is 3.64. The summed E-state index contributed by atoms with van der Waals surface area (Å²) in [6.07, 6.45) is 3.52. The molecule has 0 saturated heterocycles. The van der Waals surface area contributed by atoms with Crippen LogP contribution in [0.5, 0.6) is 0 Å². The lowest BCUT2D eigenvalue weighted by molar-refractivity contribution is -0.110. The van der Waals surface area contributed by atoms with Gasteiger partial charge in [-0.25, -0.2) is 4.98 Å². The fourth-order valence-corrected chi connectivity index (χ4v) is 2.87. The van der Waals surface area contributed by atoms with Crippen molar-refractivity contribution in [3.63, 3.8) is 0 Å². The number of rotatable bonds is 2. The molecule has 0 aliphatic heterocycles. The first-order chi connectivity index (χ1) is 6.29. The van der Waals surface area contributed by atoms with Crippen LogP contribution in [0.15, 0.2) is 0 Å². The van der Waals surface area contributed by atoms with Gasteiger partial charge in [-0.1, -0.05) is 11.6 Å². The maximum Gasteiger partial charge on any atom is 0.207 e. The number of aryl methyl sites for hydroxylation is 1. The molecule has 70 valence electrons. The lowest BCUT2D eigenvalue weighted by Crippen LogP contribution is -2.32. The zero-order valence-corrected chi connectivity index (χ0v) is 8.49. The number of nitrogens with one attached hydrogen (secondary N) is 1. The van der Waals surface area contributed by atoms with Gasteiger partial charge in [0.2, 0.25) is 6.41 Å². The molecule has 1 atom stereocenters. The number of carbonyl (C=O) groups is 1. The normalized spacial score (nSPS) is 20.8. The minimum absolute atomic E-state index is 0.265. The van der Waals surface area contributed by atoms with Gasteiger partial charge in [0.05, 0.1) is 5.69 Å². The topological polar surface area (TPSA) is 42.0 Å². The summed E-state index contributed by atoms with van der Waals surface area (Å²) in [6.45, 7) is 0. The van der Waals surface area contributed by atoms with Gasteiger partial charge in [0.25, 0.3) is 0 Å². The molecule has 5 heteroatoms. The van der Waals surface area contributed by atoms with Crippen molar-refractivity contribution in [3.05, 3.63) is 15.0 Å². The molecule has 0 saturated carbocycles. The Labute approximate surface area is 85.1 Å². The van der Waals surface area contributed by atoms with Gasteiger partial charge in [-0.15, -0.1) is 11.3 Å². The Bertz CT molecular complexity index is 326. The molecular formula is C8H9ClN2OS. The summed E-state index contributed by atoms with van der Waals surface area (Å²) in [5, 5.41) is 2.79. The van der Waals surface area contributed by atoms with Crippen LogP contribution in [0.2, 0.25) is 4.47 Å². The quantitative estimate of drug-likeness (QED) is 0.760. The van der Waals surface area contributed by atoms with E-state index in [1.165, 1.54) is 16.2 Å². The molecule has 1 heterocycles. The van der Waals surface area contributed by atoms with E-state index >= 15 is 0 Å². The van der Waals surface area contributed by atoms with Gasteiger partial charge in [0.1, 0.15) is 0 Å². The van der Waals surface area contributed by atoms with Crippen molar-refractivity contribution in [1.82, 2.24) is 10.3 Å². The van der Waals surface area contributed by atoms with Crippen LogP contribution in [0, 0.1) is 0 Å². The summed E-state index contributed by atoms with van der Waals surface area (Å²) in [5.74, 6) is 0. The van der Waals surface area contributed by atoms with Gasteiger partial charge in [-0.3, -0.25) is 4.79 Å². The number of hydrogen-bond donors (Lipinski definition) is 1. The SMILES string of the molecule is O=CNC1CCc2nc(Cl)sc2C1. The van der Waals surface area contributed by atoms with Crippen molar-refractivity contribution in [2.45, 2.75) is 25.3 Å². The molecule has 1 amide bonds. The third-order valence-electron chi connectivity index (χ3n) is 2.22. The average molecular weight is 217 g/mol. The molecule has 13 heavy (non-hydrogen) atoms. The third-order valence-corrected chi connectivity index (χ3v) is 3.44. The van der Waals surface area contributed by atoms with Crippen molar-refractivity contribution >= 4 is 29.3 Å². The van der Waals surface area contributed by atoms with E-state index in [0.29, 0.717) is 4.47 Å². The summed E-state index contributed by atoms with van der Waals surface area (Å²) in [5.41, 5.74) is 1.11. The van der Waals surface area contributed by atoms with Gasteiger partial charge >= 0.3 is 0 Å². The summed E-state index contributed by atoms with van der Waals surface area (Å²) in [4.78, 5) is 15.7. The van der Waals surface area contributed by atoms with Crippen molar-refractivity contribution < 1.29 is 4.79 Å². The maximum absolute atomic E-state index is 10.2. The number of amides is 1. The maximum atomic E-state index is 10.2. The predicted molar refractivity (Wildman–Crippen MR) is 52.1 cm³/mol. The summed E-state index contributed by atoms with van der Waals surface area (Å²) in [7, 11) is 0. The zero-order valence-electron chi connectivity index (χ0n) is 6.92. The Morgan fingerprint density at radius 3 is 3.31 bits per heavy atom. The monoisotopic (exact) mass is 216 g/mol. The van der Waals surface area contributed by atoms with Gasteiger partial charge < -0.3 is 5.32 Å². The van der Waals surface area contributed by atoms with E-state index < -0.39 is 0 Å². The van der Waals surface area contributed by atoms with Crippen LogP contribution in [0.3, 0.4) is 0 Å². The number of fused-ring (bicyclic) bond motifs is 1. The molecule has 2 rings (SSSR count). The van der Waals surface area contributed by atoms with Crippen LogP contribution in [0.4, 0.5) is 0 Å². The van der Waals surface area contributed by atoms with Crippen molar-refractivity contribution in [3.8, 4) is 0 Å². The second-order valence-corrected chi connectivity index (χ2v) is 4.73. The van der Waals surface area contributed by atoms with Crippen LogP contribution in [0.25, 0.3) is 0 Å². The molecule has 0 fully saturated rings. The first-order valence-corrected chi connectivity index (χ1v) is 5.33. The van der Waals surface area contributed by atoms with Gasteiger partial charge in [0.15, 0.2) is 4.47 Å². The highest BCUT2D eigenvalue weighted by molar-refractivity contribution is 7.15. The molecule has 1 N–H and O–H groups in total. The van der Waals surface area contributed by atoms with E-state index in [2.05, 4.69) is 10.3 Å². The molecule has 0 radical (unpaired) electrons. The Balaban J connectivity index is 2.14. The fraction of sp³-hybridized carbons (Fsp3) is 0.500. The second-order valence-electron chi connectivity index (χ2n) is 3.06. The van der Waals surface area contributed by atoms with Gasteiger partial charge in [-0.05, 0) is 12.8 Å². The third kappa shape index (κ3) is 1.84. The molecule has 1 unspecified atom stereocenters. The van der Waals surface area contributed by atoms with E-state index in [0.717, 1.165) is 31.4 Å². The smallest absolute Gasteiger partial charge is 0.207 e. The highest BCUT2D eigenvalue weighted by Gasteiger charge is 2.21. The zero-order chi connectivity index (χ0) is 9.26. The Hall–Kier alpha value is -0.610. The van der Waals surface area contributed by atoms with Gasteiger partial charge in [0, 0.05) is 17.3 Å². The van der Waals surface area contributed by atoms with Crippen LogP contribution in [0.1, 0.15) is 17.0 Å². The average Bonchev–Trinajstić information content (AvgIpc) is 2.44. The minimum atomic E-state index is 0.265. The fourth-order valence-electron chi connectivity index (χ4n) is 1.58. The Kier molecular flexibility index (Phi) is 2.51. The van der Waals surface area contributed by atoms with Gasteiger partial charge in [-0.2, -0.15) is 0 Å². The largest absolute Gasteiger partial charge is 0.356 e. The highest BCUT2D eigenvalue weighted by Crippen LogP contribution is 2.29. The predicted octanol–water partition coefficient (Wildman–Crippen LogP) is 1.40. The molecule has 1 aromatic heterocycles. The molecular weight excluding hydrogens is 208 g/mol. The minimum Gasteiger partial charge on any atom is -0.356 e. The Morgan fingerprint density at radius 1 is 1.69 bits per heavy atom. The molecule has 0 bridgehead atoms. The number of carbonyl (C=O) groups excluding carboxylic acids is 1. The first kappa shape index (κ1) is 8.97. The van der Waals surface area contributed by atoms with E-state index in [4.69, 9.17) is 11.6 Å². The molecule has 0 aromatic carbocycles. The summed E-state index contributed by atoms with van der Waals surface area (Å²) >= 11 is 7.31. The van der Waals surface area contributed by atoms with E-state index in [-0.39, 0.29) is 6.04 Å². The molecule has 1 aliphatic rings. The molecule has 1 aliphatic carbocycles. The number of thiazole rings is 1. The summed E-state index contributed by atoms with van der Waals surface area (Å²) < 4.78 is 0.608. The molecule has 1 aromatic rings. The summed E-state index contributed by atoms with van der Waals surface area (Å²) in [6, 6.07) is 0.265. The van der Waals surface area contributed by atoms with E-state index in [1.54, 1.807) is 0 Å². The lowest BCUT2D eigenvalue weighted by atomic mass is 9.98. The van der Waals surface area contributed by atoms with Crippen molar-refractivity contribution in [1.29, 1.82) is 0 Å². The standard InChI is InChI=1S/C8H9ClN2OS/c9-8-11-6-2-1-5(10-4-12)3-7(6)13-8/h4-5H,1-3H2,(H,10,12). The number of halogens is 1. The van der Waals surface area contributed by atoms with Crippen LogP contribution in [-0.2, 0) is 17.6 Å². The molecule has 3 nitrogen and oxygen atoms in total. The lowest BCUT2D eigenvalue weighted by Gasteiger charge is -2.19. The number of hydrogen-bond acceptors (Lipinski definition) is 3.